The third-order valence-corrected chi connectivity index (χ3v) is 5.99. The zero-order valence-electron chi connectivity index (χ0n) is 21.2. The summed E-state index contributed by atoms with van der Waals surface area (Å²) in [5.74, 6) is -3.03. The molecule has 4 rings (SSSR count). The Morgan fingerprint density at radius 3 is 2.05 bits per heavy atom. The van der Waals surface area contributed by atoms with Crippen LogP contribution in [0.1, 0.15) is 21.7 Å². The number of ether oxygens (including phenoxy) is 3. The van der Waals surface area contributed by atoms with E-state index in [9.17, 15) is 43.0 Å². The molecule has 41 heavy (non-hydrogen) atoms. The van der Waals surface area contributed by atoms with Crippen LogP contribution >= 0.6 is 0 Å². The van der Waals surface area contributed by atoms with Crippen molar-refractivity contribution in [3.05, 3.63) is 95.9 Å². The molecule has 0 N–H and O–H groups in total. The summed E-state index contributed by atoms with van der Waals surface area (Å²) in [5, 5.41) is 22.3. The highest BCUT2D eigenvalue weighted by Gasteiger charge is 2.39. The number of rotatable bonds is 7. The first-order valence-electron chi connectivity index (χ1n) is 11.3. The van der Waals surface area contributed by atoms with Gasteiger partial charge in [-0.25, -0.2) is 4.79 Å². The molecule has 3 aromatic carbocycles. The highest BCUT2D eigenvalue weighted by Crippen LogP contribution is 2.40. The molecule has 4 aromatic rings. The number of carbonyl (C=O) groups is 1. The van der Waals surface area contributed by atoms with Gasteiger partial charge in [-0.1, -0.05) is 6.07 Å². The topological polar surface area (TPSA) is 161 Å². The van der Waals surface area contributed by atoms with E-state index in [0.29, 0.717) is 0 Å². The summed E-state index contributed by atoms with van der Waals surface area (Å²) in [5.41, 5.74) is -4.88. The number of nitro groups is 2. The number of hydrogen-bond donors (Lipinski definition) is 0. The van der Waals surface area contributed by atoms with E-state index >= 15 is 0 Å². The van der Waals surface area contributed by atoms with Crippen molar-refractivity contribution < 1.29 is 46.4 Å². The van der Waals surface area contributed by atoms with Crippen molar-refractivity contribution in [3.63, 3.8) is 0 Å². The van der Waals surface area contributed by atoms with Crippen LogP contribution in [0.5, 0.6) is 17.2 Å². The average molecular weight is 574 g/mol. The molecule has 0 aliphatic heterocycles. The summed E-state index contributed by atoms with van der Waals surface area (Å²) in [6.07, 6.45) is -5.12. The van der Waals surface area contributed by atoms with Crippen molar-refractivity contribution in [1.29, 1.82) is 0 Å². The normalized spacial score (nSPS) is 11.3. The Morgan fingerprint density at radius 2 is 1.51 bits per heavy atom. The van der Waals surface area contributed by atoms with Gasteiger partial charge in [0.25, 0.3) is 11.4 Å². The summed E-state index contributed by atoms with van der Waals surface area (Å²) >= 11 is 0. The van der Waals surface area contributed by atoms with Gasteiger partial charge in [0.05, 0.1) is 40.6 Å². The van der Waals surface area contributed by atoms with Crippen LogP contribution in [0.25, 0.3) is 22.1 Å². The average Bonchev–Trinajstić information content (AvgIpc) is 2.91. The number of halogens is 3. The summed E-state index contributed by atoms with van der Waals surface area (Å²) in [6.45, 7) is 1.13. The first kappa shape index (κ1) is 28.5. The monoisotopic (exact) mass is 574 g/mol. The van der Waals surface area contributed by atoms with Crippen LogP contribution in [0.3, 0.4) is 0 Å². The number of benzene rings is 3. The molecule has 212 valence electrons. The lowest BCUT2D eigenvalue weighted by Gasteiger charge is -2.15. The molecular formula is C26H17F3N2O10. The van der Waals surface area contributed by atoms with Gasteiger partial charge in [-0.3, -0.25) is 25.0 Å². The number of nitro benzene ring substituents is 2. The number of methoxy groups -OCH3 is 2. The van der Waals surface area contributed by atoms with Crippen LogP contribution in [-0.4, -0.2) is 30.0 Å². The number of fused-ring (bicyclic) bond motifs is 1. The molecule has 0 atom stereocenters. The fourth-order valence-electron chi connectivity index (χ4n) is 4.04. The fourth-order valence-corrected chi connectivity index (χ4v) is 4.04. The fraction of sp³-hybridized carbons (Fsp3) is 0.154. The lowest BCUT2D eigenvalue weighted by atomic mass is 10.0. The highest BCUT2D eigenvalue weighted by atomic mass is 19.4. The van der Waals surface area contributed by atoms with Crippen LogP contribution in [0.15, 0.2) is 57.7 Å². The minimum absolute atomic E-state index is 0.0662. The summed E-state index contributed by atoms with van der Waals surface area (Å²) in [7, 11) is 2.60. The molecule has 0 unspecified atom stereocenters. The standard InChI is InChI=1S/C26H17F3N2O10/c1-12-17(30(34)35)8-14(9-18(12)31(36)37)25(33)40-15-5-6-16-20(11-15)41-24(26(27,28)29)22(23(16)32)13-4-7-19(38-2)21(10-13)39-3/h4-11H,1-3H3. The minimum Gasteiger partial charge on any atom is -0.493 e. The Bertz CT molecular complexity index is 1760. The number of esters is 1. The summed E-state index contributed by atoms with van der Waals surface area (Å²) < 4.78 is 62.6. The van der Waals surface area contributed by atoms with Gasteiger partial charge in [-0.05, 0) is 36.8 Å². The molecule has 0 spiro atoms. The van der Waals surface area contributed by atoms with Crippen molar-refractivity contribution in [1.82, 2.24) is 0 Å². The maximum atomic E-state index is 14.1. The molecule has 15 heteroatoms. The van der Waals surface area contributed by atoms with Crippen LogP contribution < -0.4 is 19.6 Å². The van der Waals surface area contributed by atoms with Crippen LogP contribution in [0, 0.1) is 27.2 Å². The highest BCUT2D eigenvalue weighted by molar-refractivity contribution is 5.94. The Labute approximate surface area is 226 Å². The molecule has 12 nitrogen and oxygen atoms in total. The van der Waals surface area contributed by atoms with Gasteiger partial charge in [-0.2, -0.15) is 13.2 Å². The Kier molecular flexibility index (Phi) is 7.37. The van der Waals surface area contributed by atoms with Crippen molar-refractivity contribution in [2.45, 2.75) is 13.1 Å². The number of carbonyl (C=O) groups excluding carboxylic acids is 1. The molecule has 1 aromatic heterocycles. The number of alkyl halides is 3. The van der Waals surface area contributed by atoms with Gasteiger partial charge in [0.1, 0.15) is 16.9 Å². The molecule has 0 bridgehead atoms. The lowest BCUT2D eigenvalue weighted by Crippen LogP contribution is -2.16. The van der Waals surface area contributed by atoms with Gasteiger partial charge in [0.15, 0.2) is 11.5 Å². The first-order chi connectivity index (χ1) is 19.3. The lowest BCUT2D eigenvalue weighted by molar-refractivity contribution is -0.395. The van der Waals surface area contributed by atoms with Crippen LogP contribution in [0.2, 0.25) is 0 Å². The van der Waals surface area contributed by atoms with Gasteiger partial charge in [0.2, 0.25) is 11.2 Å². The number of nitrogens with zero attached hydrogens (tertiary/aromatic N) is 2. The third-order valence-electron chi connectivity index (χ3n) is 5.99. The molecule has 0 saturated carbocycles. The second-order valence-electron chi connectivity index (χ2n) is 8.40. The molecule has 0 fully saturated rings. The predicted octanol–water partition coefficient (Wildman–Crippen LogP) is 5.84. The zero-order valence-corrected chi connectivity index (χ0v) is 21.2. The van der Waals surface area contributed by atoms with E-state index in [-0.39, 0.29) is 28.0 Å². The summed E-state index contributed by atoms with van der Waals surface area (Å²) in [4.78, 5) is 46.7. The van der Waals surface area contributed by atoms with Crippen LogP contribution in [-0.2, 0) is 6.18 Å². The van der Waals surface area contributed by atoms with Gasteiger partial charge >= 0.3 is 12.1 Å². The molecule has 0 saturated heterocycles. The Hall–Kier alpha value is -5.47. The largest absolute Gasteiger partial charge is 0.493 e. The second kappa shape index (κ2) is 10.6. The van der Waals surface area contributed by atoms with Gasteiger partial charge in [-0.15, -0.1) is 0 Å². The van der Waals surface area contributed by atoms with Crippen molar-refractivity contribution in [2.24, 2.45) is 0 Å². The molecule has 0 aliphatic carbocycles. The van der Waals surface area contributed by atoms with Crippen molar-refractivity contribution in [3.8, 4) is 28.4 Å². The second-order valence-corrected chi connectivity index (χ2v) is 8.40. The summed E-state index contributed by atoms with van der Waals surface area (Å²) in [6, 6.07) is 8.26. The first-order valence-corrected chi connectivity index (χ1v) is 11.3. The van der Waals surface area contributed by atoms with E-state index in [4.69, 9.17) is 18.6 Å². The molecular weight excluding hydrogens is 557 g/mol. The minimum atomic E-state index is -5.12. The van der Waals surface area contributed by atoms with E-state index in [1.807, 2.05) is 0 Å². The molecule has 0 radical (unpaired) electrons. The van der Waals surface area contributed by atoms with E-state index in [1.54, 1.807) is 0 Å². The van der Waals surface area contributed by atoms with Crippen molar-refractivity contribution in [2.75, 3.05) is 14.2 Å². The maximum Gasteiger partial charge on any atom is 0.450 e. The smallest absolute Gasteiger partial charge is 0.450 e. The molecule has 0 aliphatic rings. The van der Waals surface area contributed by atoms with E-state index < -0.39 is 67.0 Å². The third kappa shape index (κ3) is 5.36. The predicted molar refractivity (Wildman–Crippen MR) is 135 cm³/mol. The Balaban J connectivity index is 1.82. The number of hydrogen-bond acceptors (Lipinski definition) is 10. The van der Waals surface area contributed by atoms with E-state index in [1.165, 1.54) is 32.4 Å². The van der Waals surface area contributed by atoms with Gasteiger partial charge in [0, 0.05) is 18.2 Å². The maximum absolute atomic E-state index is 14.1. The van der Waals surface area contributed by atoms with E-state index in [2.05, 4.69) is 0 Å². The van der Waals surface area contributed by atoms with Gasteiger partial charge < -0.3 is 18.6 Å². The van der Waals surface area contributed by atoms with Crippen molar-refractivity contribution >= 4 is 28.3 Å². The van der Waals surface area contributed by atoms with Crippen LogP contribution in [0.4, 0.5) is 24.5 Å². The SMILES string of the molecule is COc1ccc(-c2c(C(F)(F)F)oc3cc(OC(=O)c4cc([N+](=O)[O-])c(C)c([N+](=O)[O-])c4)ccc3c2=O)cc1OC. The quantitative estimate of drug-likeness (QED) is 0.113. The Morgan fingerprint density at radius 1 is 0.902 bits per heavy atom. The molecule has 0 amide bonds. The molecule has 1 heterocycles. The van der Waals surface area contributed by atoms with E-state index in [0.717, 1.165) is 37.3 Å². The zero-order chi connectivity index (χ0) is 30.2.